The Kier molecular flexibility index (Phi) is 4.34. The molecule has 22 heavy (non-hydrogen) atoms. The first-order valence-electron chi connectivity index (χ1n) is 7.38. The second-order valence-corrected chi connectivity index (χ2v) is 6.51. The molecule has 3 rings (SSSR count). The van der Waals surface area contributed by atoms with E-state index in [1.807, 2.05) is 19.2 Å². The highest BCUT2D eigenvalue weighted by Crippen LogP contribution is 2.24. The summed E-state index contributed by atoms with van der Waals surface area (Å²) in [7, 11) is 1.86. The number of aryl methyl sites for hydroxylation is 1. The highest BCUT2D eigenvalue weighted by Gasteiger charge is 2.21. The van der Waals surface area contributed by atoms with Crippen LogP contribution in [0.3, 0.4) is 0 Å². The average Bonchev–Trinajstić information content (AvgIpc) is 2.88. The van der Waals surface area contributed by atoms with Gasteiger partial charge in [0.2, 0.25) is 4.80 Å². The Morgan fingerprint density at radius 1 is 1.36 bits per heavy atom. The Hall–Kier alpha value is -2.00. The van der Waals surface area contributed by atoms with Crippen LogP contribution in [0.25, 0.3) is 10.6 Å². The monoisotopic (exact) mass is 316 g/mol. The Morgan fingerprint density at radius 3 is 2.82 bits per heavy atom. The van der Waals surface area contributed by atoms with E-state index < -0.39 is 6.17 Å². The normalized spacial score (nSPS) is 22.5. The molecule has 1 saturated carbocycles. The molecule has 1 aliphatic rings. The lowest BCUT2D eigenvalue weighted by Crippen LogP contribution is -2.23. The van der Waals surface area contributed by atoms with Crippen LogP contribution in [0.5, 0.6) is 0 Å². The maximum absolute atomic E-state index is 13.5. The molecule has 6 heteroatoms. The number of hydrogen-bond acceptors (Lipinski definition) is 4. The van der Waals surface area contributed by atoms with Crippen LogP contribution < -0.4 is 4.80 Å². The molecule has 1 aliphatic carbocycles. The maximum Gasteiger partial charge on any atom is 0.203 e. The Labute approximate surface area is 132 Å². The zero-order valence-corrected chi connectivity index (χ0v) is 13.2. The van der Waals surface area contributed by atoms with Crippen molar-refractivity contribution in [3.8, 4) is 16.6 Å². The van der Waals surface area contributed by atoms with Crippen LogP contribution in [-0.2, 0) is 7.05 Å². The lowest BCUT2D eigenvalue weighted by atomic mass is 9.94. The van der Waals surface area contributed by atoms with Crippen molar-refractivity contribution < 1.29 is 4.39 Å². The molecule has 1 aromatic carbocycles. The quantitative estimate of drug-likeness (QED) is 0.854. The van der Waals surface area contributed by atoms with Gasteiger partial charge in [-0.3, -0.25) is 4.99 Å². The number of rotatable bonds is 2. The van der Waals surface area contributed by atoms with Gasteiger partial charge in [0, 0.05) is 19.0 Å². The summed E-state index contributed by atoms with van der Waals surface area (Å²) in [6.07, 6.45) is 2.31. The van der Waals surface area contributed by atoms with Gasteiger partial charge in [-0.1, -0.05) is 23.5 Å². The van der Waals surface area contributed by atoms with Crippen LogP contribution in [0.2, 0.25) is 0 Å². The summed E-state index contributed by atoms with van der Waals surface area (Å²) in [4.78, 5) is 5.49. The zero-order chi connectivity index (χ0) is 15.5. The molecular weight excluding hydrogens is 299 g/mol. The van der Waals surface area contributed by atoms with Crippen molar-refractivity contribution in [2.75, 3.05) is 0 Å². The SMILES string of the molecule is Cn1nc(-c2ccc(C#N)cc2)sc1=N[C@H]1CCC[C@H](F)C1. The van der Waals surface area contributed by atoms with E-state index in [4.69, 9.17) is 5.26 Å². The minimum atomic E-state index is -0.723. The molecule has 0 saturated heterocycles. The van der Waals surface area contributed by atoms with Crippen LogP contribution in [0.4, 0.5) is 4.39 Å². The van der Waals surface area contributed by atoms with Gasteiger partial charge in [-0.05, 0) is 31.4 Å². The van der Waals surface area contributed by atoms with E-state index in [2.05, 4.69) is 16.2 Å². The fraction of sp³-hybridized carbons (Fsp3) is 0.438. The molecule has 2 atom stereocenters. The lowest BCUT2D eigenvalue weighted by molar-refractivity contribution is 0.231. The summed E-state index contributed by atoms with van der Waals surface area (Å²) in [5, 5.41) is 14.2. The van der Waals surface area contributed by atoms with Crippen LogP contribution in [-0.4, -0.2) is 22.0 Å². The van der Waals surface area contributed by atoms with Gasteiger partial charge < -0.3 is 0 Å². The molecule has 0 amide bonds. The number of halogens is 1. The van der Waals surface area contributed by atoms with E-state index in [-0.39, 0.29) is 6.04 Å². The summed E-state index contributed by atoms with van der Waals surface area (Å²) in [6.45, 7) is 0. The third kappa shape index (κ3) is 3.25. The van der Waals surface area contributed by atoms with Crippen LogP contribution in [0.15, 0.2) is 29.3 Å². The van der Waals surface area contributed by atoms with Crippen LogP contribution in [0.1, 0.15) is 31.2 Å². The highest BCUT2D eigenvalue weighted by atomic mass is 32.1. The zero-order valence-electron chi connectivity index (χ0n) is 12.4. The summed E-state index contributed by atoms with van der Waals surface area (Å²) in [5.74, 6) is 0. The maximum atomic E-state index is 13.5. The summed E-state index contributed by atoms with van der Waals surface area (Å²) >= 11 is 1.50. The van der Waals surface area contributed by atoms with Gasteiger partial charge in [0.1, 0.15) is 11.2 Å². The van der Waals surface area contributed by atoms with Crippen molar-refractivity contribution in [1.82, 2.24) is 9.78 Å². The minimum Gasteiger partial charge on any atom is -0.254 e. The van der Waals surface area contributed by atoms with E-state index in [9.17, 15) is 4.39 Å². The van der Waals surface area contributed by atoms with Crippen molar-refractivity contribution in [2.45, 2.75) is 37.9 Å². The molecule has 1 heterocycles. The molecular formula is C16H17FN4S. The van der Waals surface area contributed by atoms with E-state index in [0.29, 0.717) is 18.4 Å². The topological polar surface area (TPSA) is 54.0 Å². The van der Waals surface area contributed by atoms with Crippen molar-refractivity contribution in [1.29, 1.82) is 5.26 Å². The van der Waals surface area contributed by atoms with E-state index in [0.717, 1.165) is 28.2 Å². The van der Waals surface area contributed by atoms with Gasteiger partial charge in [-0.2, -0.15) is 10.4 Å². The largest absolute Gasteiger partial charge is 0.254 e. The standard InChI is InChI=1S/C16H17FN4S/c1-21-16(19-14-4-2-3-13(17)9-14)22-15(20-21)12-7-5-11(10-18)6-8-12/h5-8,13-14H,2-4,9H2,1H3/t13-,14-/m0/s1. The second kappa shape index (κ2) is 6.41. The van der Waals surface area contributed by atoms with Crippen molar-refractivity contribution >= 4 is 11.3 Å². The predicted octanol–water partition coefficient (Wildman–Crippen LogP) is 3.20. The molecule has 0 bridgehead atoms. The molecule has 4 nitrogen and oxygen atoms in total. The third-order valence-electron chi connectivity index (χ3n) is 3.84. The fourth-order valence-electron chi connectivity index (χ4n) is 2.65. The Morgan fingerprint density at radius 2 is 2.14 bits per heavy atom. The third-order valence-corrected chi connectivity index (χ3v) is 4.91. The van der Waals surface area contributed by atoms with Gasteiger partial charge in [-0.15, -0.1) is 0 Å². The first-order chi connectivity index (χ1) is 10.7. The number of alkyl halides is 1. The van der Waals surface area contributed by atoms with E-state index in [1.54, 1.807) is 16.8 Å². The molecule has 2 aromatic rings. The van der Waals surface area contributed by atoms with E-state index in [1.165, 1.54) is 11.3 Å². The smallest absolute Gasteiger partial charge is 0.203 e. The summed E-state index contributed by atoms with van der Waals surface area (Å²) < 4.78 is 15.2. The summed E-state index contributed by atoms with van der Waals surface area (Å²) in [6, 6.07) is 9.50. The summed E-state index contributed by atoms with van der Waals surface area (Å²) in [5.41, 5.74) is 1.60. The average molecular weight is 316 g/mol. The molecule has 0 spiro atoms. The fourth-order valence-corrected chi connectivity index (χ4v) is 3.61. The Balaban J connectivity index is 1.88. The van der Waals surface area contributed by atoms with Crippen molar-refractivity contribution in [3.63, 3.8) is 0 Å². The van der Waals surface area contributed by atoms with Crippen LogP contribution in [0, 0.1) is 11.3 Å². The molecule has 1 fully saturated rings. The molecule has 1 aromatic heterocycles. The number of nitriles is 1. The molecule has 0 aliphatic heterocycles. The van der Waals surface area contributed by atoms with Gasteiger partial charge in [0.05, 0.1) is 17.7 Å². The number of hydrogen-bond donors (Lipinski definition) is 0. The Bertz CT molecular complexity index is 754. The van der Waals surface area contributed by atoms with Gasteiger partial charge in [-0.25, -0.2) is 9.07 Å². The molecule has 0 N–H and O–H groups in total. The number of benzene rings is 1. The van der Waals surface area contributed by atoms with Crippen LogP contribution >= 0.6 is 11.3 Å². The molecule has 114 valence electrons. The second-order valence-electron chi connectivity index (χ2n) is 5.55. The molecule has 0 unspecified atom stereocenters. The van der Waals surface area contributed by atoms with Crippen molar-refractivity contribution in [2.24, 2.45) is 12.0 Å². The first kappa shape index (κ1) is 14.9. The lowest BCUT2D eigenvalue weighted by Gasteiger charge is -2.20. The van der Waals surface area contributed by atoms with Gasteiger partial charge >= 0.3 is 0 Å². The molecule has 0 radical (unpaired) electrons. The number of aromatic nitrogens is 2. The minimum absolute atomic E-state index is 0.0595. The predicted molar refractivity (Wildman–Crippen MR) is 84.0 cm³/mol. The van der Waals surface area contributed by atoms with Gasteiger partial charge in [0.25, 0.3) is 0 Å². The number of nitrogens with zero attached hydrogens (tertiary/aromatic N) is 4. The highest BCUT2D eigenvalue weighted by molar-refractivity contribution is 7.12. The first-order valence-corrected chi connectivity index (χ1v) is 8.20. The van der Waals surface area contributed by atoms with E-state index >= 15 is 0 Å². The van der Waals surface area contributed by atoms with Gasteiger partial charge in [0.15, 0.2) is 0 Å². The van der Waals surface area contributed by atoms with Crippen molar-refractivity contribution in [3.05, 3.63) is 34.6 Å².